The van der Waals surface area contributed by atoms with Gasteiger partial charge in [-0.2, -0.15) is 0 Å². The van der Waals surface area contributed by atoms with Crippen LogP contribution < -0.4 is 31.7 Å². The number of carbonyl (C=O) groups excluding carboxylic acids is 10. The molecular formula is C63H95N9O16S. The van der Waals surface area contributed by atoms with Crippen LogP contribution in [0.4, 0.5) is 15.3 Å². The predicted molar refractivity (Wildman–Crippen MR) is 334 cm³/mol. The van der Waals surface area contributed by atoms with Crippen LogP contribution in [0.1, 0.15) is 121 Å². The largest absolute Gasteiger partial charge is 0.444 e. The topological polar surface area (TPSA) is 338 Å². The van der Waals surface area contributed by atoms with E-state index < -0.39 is 104 Å². The highest BCUT2D eigenvalue weighted by molar-refractivity contribution is 7.90. The van der Waals surface area contributed by atoms with Crippen molar-refractivity contribution in [2.24, 2.45) is 28.9 Å². The van der Waals surface area contributed by atoms with Gasteiger partial charge in [0.2, 0.25) is 23.6 Å². The number of imide groups is 1. The lowest BCUT2D eigenvalue weighted by atomic mass is 9.76. The molecule has 3 rings (SSSR count). The Labute approximate surface area is 524 Å². The molecule has 0 fully saturated rings. The van der Waals surface area contributed by atoms with E-state index in [1.807, 2.05) is 58.0 Å². The van der Waals surface area contributed by atoms with Gasteiger partial charge < -0.3 is 50.8 Å². The maximum Gasteiger partial charge on any atom is 0.410 e. The van der Waals surface area contributed by atoms with Gasteiger partial charge in [0.25, 0.3) is 27.7 Å². The first kappa shape index (κ1) is 75.7. The van der Waals surface area contributed by atoms with Gasteiger partial charge in [-0.1, -0.05) is 98.7 Å². The zero-order valence-electron chi connectivity index (χ0n) is 54.3. The third-order valence-corrected chi connectivity index (χ3v) is 15.9. The Balaban J connectivity index is 1.68. The lowest BCUT2D eigenvalue weighted by Crippen LogP contribution is -2.63. The summed E-state index contributed by atoms with van der Waals surface area (Å²) in [6.45, 7) is 23.9. The molecule has 25 nitrogen and oxygen atoms in total. The molecule has 0 radical (unpaired) electrons. The first-order chi connectivity index (χ1) is 41.4. The van der Waals surface area contributed by atoms with Crippen molar-refractivity contribution in [2.45, 2.75) is 156 Å². The molecule has 494 valence electrons. The van der Waals surface area contributed by atoms with Crippen LogP contribution in [0.15, 0.2) is 83.3 Å². The van der Waals surface area contributed by atoms with Crippen molar-refractivity contribution in [3.05, 3.63) is 84.0 Å². The summed E-state index contributed by atoms with van der Waals surface area (Å²) in [6, 6.07) is 9.27. The first-order valence-corrected chi connectivity index (χ1v) is 31.2. The Morgan fingerprint density at radius 1 is 0.719 bits per heavy atom. The third-order valence-electron chi connectivity index (χ3n) is 14.6. The van der Waals surface area contributed by atoms with E-state index in [-0.39, 0.29) is 118 Å². The van der Waals surface area contributed by atoms with E-state index in [2.05, 4.69) is 26.0 Å². The smallest absolute Gasteiger partial charge is 0.410 e. The number of sulfonamides is 1. The molecule has 5 atom stereocenters. The predicted octanol–water partition coefficient (Wildman–Crippen LogP) is 5.13. The standard InChI is InChI=1S/C63H95N9O16S/c1-40(2)47(70(14)58(80)53(61(6,7)8)68-57(79)54(71(15)60(82)88-62(9,10)11)63(12,13)44-21-17-16-18-22-44)38-42(5)55(77)69-89(83,84)46-25-23-45(24-26-46)66-56(78)43(20-19-30-65-59(64)81)39-48(73)52(41(3)4)67-49(74)29-32-85-34-36-87-37-35-86-33-31-72-50(75)27-28-51(72)76/h16-18,21-28,38,40-41,43,47,52-54H,19-20,29-37,39H2,1-15H3,(H,66,78)(H,67,74)(H,68,79)(H,69,77)(H3,64,65,81)/b42-38+/t43-,47-,52+,53-,54-/m1/s1. The molecule has 26 heteroatoms. The van der Waals surface area contributed by atoms with Crippen molar-refractivity contribution in [2.75, 3.05) is 72.1 Å². The van der Waals surface area contributed by atoms with E-state index in [4.69, 9.17) is 24.7 Å². The maximum atomic E-state index is 14.7. The number of amides is 10. The summed E-state index contributed by atoms with van der Waals surface area (Å²) in [5, 5.41) is 10.9. The lowest BCUT2D eigenvalue weighted by Gasteiger charge is -2.42. The second-order valence-electron chi connectivity index (χ2n) is 25.2. The highest BCUT2D eigenvalue weighted by atomic mass is 32.2. The number of urea groups is 1. The molecule has 1 aliphatic rings. The molecule has 1 heterocycles. The summed E-state index contributed by atoms with van der Waals surface area (Å²) in [7, 11) is -1.53. The van der Waals surface area contributed by atoms with Crippen molar-refractivity contribution < 1.29 is 75.3 Å². The highest BCUT2D eigenvalue weighted by Gasteiger charge is 2.46. The van der Waals surface area contributed by atoms with Gasteiger partial charge in [0, 0.05) is 68.2 Å². The molecule has 89 heavy (non-hydrogen) atoms. The lowest BCUT2D eigenvalue weighted by molar-refractivity contribution is -0.142. The van der Waals surface area contributed by atoms with Gasteiger partial charge in [-0.3, -0.25) is 48.2 Å². The highest BCUT2D eigenvalue weighted by Crippen LogP contribution is 2.33. The number of hydrogen-bond donors (Lipinski definition) is 6. The van der Waals surface area contributed by atoms with Gasteiger partial charge in [0.15, 0.2) is 5.78 Å². The fraction of sp³-hybridized carbons (Fsp3) is 0.587. The quantitative estimate of drug-likeness (QED) is 0.0296. The molecule has 0 bridgehead atoms. The van der Waals surface area contributed by atoms with Crippen LogP contribution >= 0.6 is 0 Å². The number of benzene rings is 2. The molecule has 0 aliphatic carbocycles. The fourth-order valence-electron chi connectivity index (χ4n) is 9.61. The minimum absolute atomic E-state index is 0.0257. The molecule has 0 aromatic heterocycles. The average Bonchev–Trinajstić information content (AvgIpc) is 1.49. The number of hydrogen-bond acceptors (Lipinski definition) is 16. The van der Waals surface area contributed by atoms with E-state index in [9.17, 15) is 56.4 Å². The normalized spacial score (nSPS) is 14.8. The SMILES string of the molecule is C/C(=C\[C@H](C(C)C)N(C)C(=O)[C@@H](NC(=O)[C@@H](N(C)C(=O)OC(C)(C)C)C(C)(C)c1ccccc1)C(C)(C)C)C(=O)NS(=O)(=O)c1ccc(NC(=O)[C@H](CCCNC(N)=O)CC(=O)[C@@H](NC(=O)CCOCCOCCOCCN2C(=O)C=CC2=O)C(C)C)cc1. The Morgan fingerprint density at radius 2 is 1.28 bits per heavy atom. The number of primary amides is 1. The number of ketones is 1. The Kier molecular flexibility index (Phi) is 29.3. The fourth-order valence-corrected chi connectivity index (χ4v) is 10.6. The molecule has 10 amide bonds. The van der Waals surface area contributed by atoms with E-state index in [0.717, 1.165) is 10.5 Å². The van der Waals surface area contributed by atoms with Crippen LogP contribution in [0.5, 0.6) is 0 Å². The Hall–Kier alpha value is -7.55. The van der Waals surface area contributed by atoms with Gasteiger partial charge in [0.1, 0.15) is 17.7 Å². The number of nitrogens with one attached hydrogen (secondary N) is 5. The number of anilines is 1. The average molecular weight is 1270 g/mol. The van der Waals surface area contributed by atoms with Gasteiger partial charge in [-0.25, -0.2) is 22.7 Å². The maximum absolute atomic E-state index is 14.7. The summed E-state index contributed by atoms with van der Waals surface area (Å²) in [6.07, 6.45) is 3.11. The number of nitrogens with two attached hydrogens (primary N) is 1. The van der Waals surface area contributed by atoms with Crippen molar-refractivity contribution in [1.29, 1.82) is 0 Å². The van der Waals surface area contributed by atoms with Gasteiger partial charge >= 0.3 is 12.1 Å². The number of likely N-dealkylation sites (N-methyl/N-ethyl adjacent to an activating group) is 2. The summed E-state index contributed by atoms with van der Waals surface area (Å²) in [4.78, 5) is 135. The summed E-state index contributed by atoms with van der Waals surface area (Å²) in [5.41, 5.74) is 3.34. The molecule has 1 aliphatic heterocycles. The van der Waals surface area contributed by atoms with E-state index >= 15 is 0 Å². The summed E-state index contributed by atoms with van der Waals surface area (Å²) in [5.74, 6) is -6.07. The van der Waals surface area contributed by atoms with Crippen molar-refractivity contribution in [3.63, 3.8) is 0 Å². The summed E-state index contributed by atoms with van der Waals surface area (Å²) < 4.78 is 51.6. The van der Waals surface area contributed by atoms with Gasteiger partial charge in [-0.15, -0.1) is 0 Å². The zero-order valence-corrected chi connectivity index (χ0v) is 55.1. The molecule has 7 N–H and O–H groups in total. The van der Waals surface area contributed by atoms with Crippen LogP contribution in [0.2, 0.25) is 0 Å². The second-order valence-corrected chi connectivity index (χ2v) is 26.9. The molecule has 0 saturated heterocycles. The minimum atomic E-state index is -4.53. The van der Waals surface area contributed by atoms with E-state index in [1.54, 1.807) is 55.4 Å². The zero-order chi connectivity index (χ0) is 67.2. The Morgan fingerprint density at radius 3 is 1.81 bits per heavy atom. The molecule has 2 aromatic carbocycles. The van der Waals surface area contributed by atoms with Crippen LogP contribution in [0, 0.1) is 23.2 Å². The van der Waals surface area contributed by atoms with Crippen LogP contribution in [0.3, 0.4) is 0 Å². The first-order valence-electron chi connectivity index (χ1n) is 29.8. The van der Waals surface area contributed by atoms with Gasteiger partial charge in [-0.05, 0) is 87.6 Å². The molecule has 0 spiro atoms. The number of Topliss-reactive ketones (excluding diaryl/α,β-unsaturated/α-hetero) is 1. The van der Waals surface area contributed by atoms with E-state index in [0.29, 0.717) is 0 Å². The van der Waals surface area contributed by atoms with Crippen molar-refractivity contribution in [1.82, 2.24) is 35.4 Å². The van der Waals surface area contributed by atoms with Crippen molar-refractivity contribution >= 4 is 75.0 Å². The minimum Gasteiger partial charge on any atom is -0.444 e. The number of carbonyl (C=O) groups is 10. The van der Waals surface area contributed by atoms with Gasteiger partial charge in [0.05, 0.1) is 63.2 Å². The van der Waals surface area contributed by atoms with Crippen LogP contribution in [0.25, 0.3) is 0 Å². The number of rotatable bonds is 35. The summed E-state index contributed by atoms with van der Waals surface area (Å²) >= 11 is 0. The number of nitrogens with zero attached hydrogens (tertiary/aromatic N) is 3. The van der Waals surface area contributed by atoms with E-state index in [1.165, 1.54) is 73.3 Å². The molecular weight excluding hydrogens is 1170 g/mol. The number of ether oxygens (including phenoxy) is 4. The molecule has 0 unspecified atom stereocenters. The monoisotopic (exact) mass is 1270 g/mol. The van der Waals surface area contributed by atoms with Crippen LogP contribution in [-0.2, 0) is 72.7 Å². The molecule has 0 saturated carbocycles. The Bertz CT molecular complexity index is 2940. The third kappa shape index (κ3) is 24.4. The molecule has 2 aromatic rings. The van der Waals surface area contributed by atoms with Crippen molar-refractivity contribution in [3.8, 4) is 0 Å². The second kappa shape index (κ2) is 34.4. The van der Waals surface area contributed by atoms with Crippen LogP contribution in [-0.4, -0.2) is 179 Å².